The molecule has 0 saturated heterocycles. The van der Waals surface area contributed by atoms with Crippen LogP contribution in [0.3, 0.4) is 0 Å². The molecular formula is C17H20BrN3O3. The van der Waals surface area contributed by atoms with E-state index in [0.29, 0.717) is 31.6 Å². The molecule has 2 aromatic rings. The summed E-state index contributed by atoms with van der Waals surface area (Å²) in [5.41, 5.74) is 2.17. The molecule has 0 bridgehead atoms. The van der Waals surface area contributed by atoms with Gasteiger partial charge in [-0.2, -0.15) is 5.10 Å². The second-order valence-corrected chi connectivity index (χ2v) is 6.11. The van der Waals surface area contributed by atoms with Gasteiger partial charge in [0.1, 0.15) is 0 Å². The number of esters is 1. The van der Waals surface area contributed by atoms with Crippen LogP contribution in [-0.4, -0.2) is 34.8 Å². The second-order valence-electron chi connectivity index (χ2n) is 5.20. The number of nitrogens with one attached hydrogen (secondary N) is 1. The van der Waals surface area contributed by atoms with E-state index in [2.05, 4.69) is 26.3 Å². The summed E-state index contributed by atoms with van der Waals surface area (Å²) in [6.07, 6.45) is 2.40. The largest absolute Gasteiger partial charge is 0.466 e. The monoisotopic (exact) mass is 393 g/mol. The van der Waals surface area contributed by atoms with Gasteiger partial charge in [-0.1, -0.05) is 15.9 Å². The molecule has 0 atom stereocenters. The molecule has 0 saturated carbocycles. The van der Waals surface area contributed by atoms with E-state index in [1.54, 1.807) is 17.8 Å². The van der Waals surface area contributed by atoms with E-state index in [1.807, 2.05) is 31.2 Å². The third kappa shape index (κ3) is 4.67. The lowest BCUT2D eigenvalue weighted by Gasteiger charge is -2.07. The van der Waals surface area contributed by atoms with Crippen molar-refractivity contribution in [1.29, 1.82) is 0 Å². The van der Waals surface area contributed by atoms with Crippen molar-refractivity contribution in [3.05, 3.63) is 46.2 Å². The van der Waals surface area contributed by atoms with E-state index in [4.69, 9.17) is 4.74 Å². The normalized spacial score (nSPS) is 10.5. The van der Waals surface area contributed by atoms with Crippen LogP contribution >= 0.6 is 15.9 Å². The standard InChI is InChI=1S/C17H20BrN3O3/c1-3-24-16(22)5-4-10-19-17(23)15-11-20-21(12(15)2)14-8-6-13(18)7-9-14/h6-9,11H,3-5,10H2,1-2H3,(H,19,23). The van der Waals surface area contributed by atoms with E-state index in [-0.39, 0.29) is 11.9 Å². The lowest BCUT2D eigenvalue weighted by molar-refractivity contribution is -0.143. The van der Waals surface area contributed by atoms with Crippen molar-refractivity contribution < 1.29 is 14.3 Å². The fraction of sp³-hybridized carbons (Fsp3) is 0.353. The van der Waals surface area contributed by atoms with E-state index in [9.17, 15) is 9.59 Å². The molecule has 128 valence electrons. The predicted octanol–water partition coefficient (Wildman–Crippen LogP) is 3.02. The minimum atomic E-state index is -0.244. The molecule has 1 aromatic heterocycles. The average Bonchev–Trinajstić information content (AvgIpc) is 2.94. The van der Waals surface area contributed by atoms with Gasteiger partial charge in [0.2, 0.25) is 0 Å². The highest BCUT2D eigenvalue weighted by Gasteiger charge is 2.15. The Bertz CT molecular complexity index is 710. The zero-order chi connectivity index (χ0) is 17.5. The van der Waals surface area contributed by atoms with Gasteiger partial charge >= 0.3 is 5.97 Å². The van der Waals surface area contributed by atoms with Gasteiger partial charge in [-0.3, -0.25) is 9.59 Å². The number of halogens is 1. The maximum absolute atomic E-state index is 12.2. The fourth-order valence-electron chi connectivity index (χ4n) is 2.24. The number of benzene rings is 1. The molecule has 24 heavy (non-hydrogen) atoms. The number of carbonyl (C=O) groups is 2. The van der Waals surface area contributed by atoms with E-state index >= 15 is 0 Å². The zero-order valence-electron chi connectivity index (χ0n) is 13.7. The first-order valence-electron chi connectivity index (χ1n) is 7.77. The SMILES string of the molecule is CCOC(=O)CCCNC(=O)c1cnn(-c2ccc(Br)cc2)c1C. The van der Waals surface area contributed by atoms with Gasteiger partial charge in [-0.15, -0.1) is 0 Å². The highest BCUT2D eigenvalue weighted by atomic mass is 79.9. The molecule has 0 aliphatic carbocycles. The van der Waals surface area contributed by atoms with Gasteiger partial charge in [0, 0.05) is 17.4 Å². The van der Waals surface area contributed by atoms with E-state index in [1.165, 1.54) is 0 Å². The summed E-state index contributed by atoms with van der Waals surface area (Å²) in [6.45, 7) is 4.41. The maximum Gasteiger partial charge on any atom is 0.305 e. The summed E-state index contributed by atoms with van der Waals surface area (Å²) in [4.78, 5) is 23.5. The minimum absolute atomic E-state index is 0.195. The van der Waals surface area contributed by atoms with Crippen LogP contribution in [0.1, 0.15) is 35.8 Å². The van der Waals surface area contributed by atoms with Crippen LogP contribution in [-0.2, 0) is 9.53 Å². The second kappa shape index (κ2) is 8.63. The Morgan fingerprint density at radius 2 is 2.00 bits per heavy atom. The highest BCUT2D eigenvalue weighted by Crippen LogP contribution is 2.17. The van der Waals surface area contributed by atoms with Crippen molar-refractivity contribution in [2.45, 2.75) is 26.7 Å². The molecule has 1 aromatic carbocycles. The van der Waals surface area contributed by atoms with Crippen LogP contribution in [0.25, 0.3) is 5.69 Å². The van der Waals surface area contributed by atoms with Gasteiger partial charge in [0.25, 0.3) is 5.91 Å². The number of rotatable bonds is 7. The molecule has 1 heterocycles. The Balaban J connectivity index is 1.94. The lowest BCUT2D eigenvalue weighted by atomic mass is 10.2. The molecule has 0 fully saturated rings. The fourth-order valence-corrected chi connectivity index (χ4v) is 2.50. The summed E-state index contributed by atoms with van der Waals surface area (Å²) in [7, 11) is 0. The van der Waals surface area contributed by atoms with Crippen molar-refractivity contribution in [2.75, 3.05) is 13.2 Å². The van der Waals surface area contributed by atoms with Crippen LogP contribution in [0.5, 0.6) is 0 Å². The number of ether oxygens (including phenoxy) is 1. The van der Waals surface area contributed by atoms with E-state index in [0.717, 1.165) is 15.9 Å². The highest BCUT2D eigenvalue weighted by molar-refractivity contribution is 9.10. The van der Waals surface area contributed by atoms with Crippen LogP contribution in [0, 0.1) is 6.92 Å². The summed E-state index contributed by atoms with van der Waals surface area (Å²) < 4.78 is 7.55. The quantitative estimate of drug-likeness (QED) is 0.579. The molecule has 1 N–H and O–H groups in total. The van der Waals surface area contributed by atoms with Gasteiger partial charge in [-0.25, -0.2) is 4.68 Å². The number of carbonyl (C=O) groups excluding carboxylic acids is 2. The molecule has 0 unspecified atom stereocenters. The van der Waals surface area contributed by atoms with Gasteiger partial charge in [-0.05, 0) is 44.5 Å². The number of hydrogen-bond donors (Lipinski definition) is 1. The van der Waals surface area contributed by atoms with Gasteiger partial charge in [0.15, 0.2) is 0 Å². The smallest absolute Gasteiger partial charge is 0.305 e. The molecular weight excluding hydrogens is 374 g/mol. The van der Waals surface area contributed by atoms with Crippen LogP contribution < -0.4 is 5.32 Å². The molecule has 1 amide bonds. The summed E-state index contributed by atoms with van der Waals surface area (Å²) in [5.74, 6) is -0.439. The molecule has 0 spiro atoms. The predicted molar refractivity (Wildman–Crippen MR) is 94.2 cm³/mol. The van der Waals surface area contributed by atoms with Crippen molar-refractivity contribution in [2.24, 2.45) is 0 Å². The Labute approximate surface area is 149 Å². The van der Waals surface area contributed by atoms with Crippen molar-refractivity contribution >= 4 is 27.8 Å². The zero-order valence-corrected chi connectivity index (χ0v) is 15.3. The first-order chi connectivity index (χ1) is 11.5. The van der Waals surface area contributed by atoms with Gasteiger partial charge < -0.3 is 10.1 Å². The molecule has 0 aliphatic heterocycles. The Morgan fingerprint density at radius 3 is 2.67 bits per heavy atom. The van der Waals surface area contributed by atoms with Crippen molar-refractivity contribution in [3.8, 4) is 5.69 Å². The number of amides is 1. The number of hydrogen-bond acceptors (Lipinski definition) is 4. The van der Waals surface area contributed by atoms with Crippen molar-refractivity contribution in [3.63, 3.8) is 0 Å². The number of aromatic nitrogens is 2. The molecule has 0 aliphatic rings. The Morgan fingerprint density at radius 1 is 1.29 bits per heavy atom. The van der Waals surface area contributed by atoms with Gasteiger partial charge in [0.05, 0.1) is 29.7 Å². The third-order valence-corrected chi connectivity index (χ3v) is 4.00. The number of nitrogens with zero attached hydrogens (tertiary/aromatic N) is 2. The molecule has 2 rings (SSSR count). The summed E-state index contributed by atoms with van der Waals surface area (Å²) in [5, 5.41) is 7.09. The topological polar surface area (TPSA) is 73.2 Å². The molecule has 6 nitrogen and oxygen atoms in total. The molecule has 7 heteroatoms. The van der Waals surface area contributed by atoms with Crippen molar-refractivity contribution in [1.82, 2.24) is 15.1 Å². The Hall–Kier alpha value is -2.15. The Kier molecular flexibility index (Phi) is 6.54. The maximum atomic E-state index is 12.2. The van der Waals surface area contributed by atoms with Crippen LogP contribution in [0.4, 0.5) is 0 Å². The molecule has 0 radical (unpaired) electrons. The first kappa shape index (κ1) is 18.2. The summed E-state index contributed by atoms with van der Waals surface area (Å²) >= 11 is 3.39. The third-order valence-electron chi connectivity index (χ3n) is 3.47. The van der Waals surface area contributed by atoms with Crippen LogP contribution in [0.15, 0.2) is 34.9 Å². The first-order valence-corrected chi connectivity index (χ1v) is 8.56. The van der Waals surface area contributed by atoms with Crippen LogP contribution in [0.2, 0.25) is 0 Å². The lowest BCUT2D eigenvalue weighted by Crippen LogP contribution is -2.25. The minimum Gasteiger partial charge on any atom is -0.466 e. The van der Waals surface area contributed by atoms with E-state index < -0.39 is 0 Å². The summed E-state index contributed by atoms with van der Waals surface area (Å²) in [6, 6.07) is 7.69. The average molecular weight is 394 g/mol.